The first kappa shape index (κ1) is 26.5. The summed E-state index contributed by atoms with van der Waals surface area (Å²) in [5, 5.41) is 0. The van der Waals surface area contributed by atoms with E-state index in [1.54, 1.807) is 0 Å². The van der Waals surface area contributed by atoms with Crippen molar-refractivity contribution in [3.8, 4) is 16.9 Å². The molecule has 3 rings (SSSR count). The lowest BCUT2D eigenvalue weighted by atomic mass is 10.0. The molecule has 3 heteroatoms. The highest BCUT2D eigenvalue weighted by Crippen LogP contribution is 2.30. The molecular weight excluding hydrogens is 420 g/mol. The van der Waals surface area contributed by atoms with Gasteiger partial charge in [-0.05, 0) is 61.3 Å². The first-order valence-electron chi connectivity index (χ1n) is 13.4. The first-order valence-corrected chi connectivity index (χ1v) is 13.4. The van der Waals surface area contributed by atoms with E-state index in [-0.39, 0.29) is 6.29 Å². The fraction of sp³-hybridized carbons (Fsp3) is 0.548. The van der Waals surface area contributed by atoms with Crippen molar-refractivity contribution in [1.29, 1.82) is 0 Å². The van der Waals surface area contributed by atoms with E-state index >= 15 is 0 Å². The van der Waals surface area contributed by atoms with Crippen LogP contribution < -0.4 is 4.74 Å². The van der Waals surface area contributed by atoms with Gasteiger partial charge >= 0.3 is 0 Å². The molecule has 2 aromatic carbocycles. The second-order valence-electron chi connectivity index (χ2n) is 9.80. The molecule has 1 fully saturated rings. The maximum atomic E-state index is 6.05. The van der Waals surface area contributed by atoms with Crippen molar-refractivity contribution in [2.24, 2.45) is 11.8 Å². The lowest BCUT2D eigenvalue weighted by Crippen LogP contribution is -2.27. The number of benzene rings is 2. The van der Waals surface area contributed by atoms with Gasteiger partial charge in [0, 0.05) is 11.5 Å². The Balaban J connectivity index is 1.39. The number of unbranched alkanes of at least 4 members (excludes halogenated alkanes) is 4. The fourth-order valence-electron chi connectivity index (χ4n) is 4.38. The van der Waals surface area contributed by atoms with Gasteiger partial charge in [-0.25, -0.2) is 0 Å². The highest BCUT2D eigenvalue weighted by atomic mass is 16.7. The Bertz CT molecular complexity index is 804. The van der Waals surface area contributed by atoms with Crippen LogP contribution in [0, 0.1) is 11.8 Å². The predicted molar refractivity (Wildman–Crippen MR) is 142 cm³/mol. The zero-order chi connectivity index (χ0) is 24.0. The van der Waals surface area contributed by atoms with Crippen LogP contribution in [0.25, 0.3) is 11.1 Å². The molecule has 0 N–H and O–H groups in total. The molecule has 1 aliphatic heterocycles. The van der Waals surface area contributed by atoms with Gasteiger partial charge in [0.1, 0.15) is 5.75 Å². The maximum absolute atomic E-state index is 6.05. The van der Waals surface area contributed by atoms with Crippen molar-refractivity contribution in [1.82, 2.24) is 0 Å². The van der Waals surface area contributed by atoms with Gasteiger partial charge in [0.15, 0.2) is 6.29 Å². The van der Waals surface area contributed by atoms with E-state index in [4.69, 9.17) is 14.2 Å². The van der Waals surface area contributed by atoms with Crippen molar-refractivity contribution < 1.29 is 14.2 Å². The Hall–Kier alpha value is -2.10. The van der Waals surface area contributed by atoms with E-state index in [9.17, 15) is 0 Å². The van der Waals surface area contributed by atoms with E-state index < -0.39 is 0 Å². The summed E-state index contributed by atoms with van der Waals surface area (Å²) in [5.74, 6) is 2.24. The van der Waals surface area contributed by atoms with Gasteiger partial charge in [-0.3, -0.25) is 0 Å². The van der Waals surface area contributed by atoms with Crippen LogP contribution in [0.4, 0.5) is 0 Å². The van der Waals surface area contributed by atoms with Crippen molar-refractivity contribution in [2.45, 2.75) is 77.9 Å². The van der Waals surface area contributed by atoms with Crippen LogP contribution in [-0.4, -0.2) is 19.8 Å². The van der Waals surface area contributed by atoms with E-state index in [1.807, 2.05) is 6.08 Å². The Morgan fingerprint density at radius 1 is 0.912 bits per heavy atom. The van der Waals surface area contributed by atoms with Crippen LogP contribution in [0.2, 0.25) is 0 Å². The largest absolute Gasteiger partial charge is 0.494 e. The van der Waals surface area contributed by atoms with Gasteiger partial charge in [0.05, 0.1) is 19.8 Å². The third-order valence-corrected chi connectivity index (χ3v) is 6.91. The van der Waals surface area contributed by atoms with Gasteiger partial charge in [-0.1, -0.05) is 82.0 Å². The topological polar surface area (TPSA) is 27.7 Å². The maximum Gasteiger partial charge on any atom is 0.183 e. The molecule has 0 unspecified atom stereocenters. The highest BCUT2D eigenvalue weighted by molar-refractivity contribution is 5.64. The van der Waals surface area contributed by atoms with Crippen LogP contribution in [0.1, 0.15) is 83.5 Å². The summed E-state index contributed by atoms with van der Waals surface area (Å²) in [4.78, 5) is 0. The molecule has 1 saturated heterocycles. The molecule has 2 aromatic rings. The molecule has 0 aromatic heterocycles. The summed E-state index contributed by atoms with van der Waals surface area (Å²) in [6, 6.07) is 17.0. The normalized spacial score (nSPS) is 19.0. The number of rotatable bonds is 15. The summed E-state index contributed by atoms with van der Waals surface area (Å²) in [6.07, 6.45) is 12.8. The molecule has 1 atom stereocenters. The van der Waals surface area contributed by atoms with Crippen molar-refractivity contribution in [2.75, 3.05) is 19.8 Å². The molecule has 0 aliphatic carbocycles. The van der Waals surface area contributed by atoms with Crippen LogP contribution >= 0.6 is 0 Å². The molecule has 34 heavy (non-hydrogen) atoms. The van der Waals surface area contributed by atoms with E-state index in [1.165, 1.54) is 56.1 Å². The summed E-state index contributed by atoms with van der Waals surface area (Å²) in [5.41, 5.74) is 3.47. The van der Waals surface area contributed by atoms with Crippen LogP contribution in [0.15, 0.2) is 61.2 Å². The summed E-state index contributed by atoms with van der Waals surface area (Å²) in [7, 11) is 0. The smallest absolute Gasteiger partial charge is 0.183 e. The third-order valence-electron chi connectivity index (χ3n) is 6.91. The molecule has 186 valence electrons. The molecule has 0 amide bonds. The van der Waals surface area contributed by atoms with Crippen molar-refractivity contribution >= 4 is 0 Å². The molecule has 0 bridgehead atoms. The zero-order valence-electron chi connectivity index (χ0n) is 21.3. The third kappa shape index (κ3) is 8.92. The Labute approximate surface area is 207 Å². The fourth-order valence-corrected chi connectivity index (χ4v) is 4.38. The van der Waals surface area contributed by atoms with Crippen LogP contribution in [0.5, 0.6) is 5.75 Å². The molecule has 0 spiro atoms. The van der Waals surface area contributed by atoms with Gasteiger partial charge < -0.3 is 14.2 Å². The molecule has 3 nitrogen and oxygen atoms in total. The predicted octanol–water partition coefficient (Wildman–Crippen LogP) is 8.75. The highest BCUT2D eigenvalue weighted by Gasteiger charge is 2.23. The Kier molecular flexibility index (Phi) is 11.7. The minimum Gasteiger partial charge on any atom is -0.494 e. The average Bonchev–Trinajstić information content (AvgIpc) is 2.89. The number of hydrogen-bond donors (Lipinski definition) is 0. The summed E-state index contributed by atoms with van der Waals surface area (Å²) >= 11 is 0. The van der Waals surface area contributed by atoms with E-state index in [0.29, 0.717) is 5.92 Å². The van der Waals surface area contributed by atoms with Gasteiger partial charge in [-0.2, -0.15) is 0 Å². The minimum absolute atomic E-state index is 0.246. The van der Waals surface area contributed by atoms with Gasteiger partial charge in [0.25, 0.3) is 0 Å². The summed E-state index contributed by atoms with van der Waals surface area (Å²) in [6.45, 7) is 10.7. The molecule has 0 radical (unpaired) electrons. The Morgan fingerprint density at radius 2 is 1.56 bits per heavy atom. The lowest BCUT2D eigenvalue weighted by molar-refractivity contribution is -0.206. The summed E-state index contributed by atoms with van der Waals surface area (Å²) < 4.78 is 18.0. The van der Waals surface area contributed by atoms with Gasteiger partial charge in [-0.15, -0.1) is 6.58 Å². The van der Waals surface area contributed by atoms with Gasteiger partial charge in [0.2, 0.25) is 0 Å². The SMILES string of the molecule is C=CCCCCCC[C@H]1CO[C@H](c2ccc(-c3ccc(OCCC[C@@H](C)CC)cc3)cc2)OC1. The van der Waals surface area contributed by atoms with Crippen molar-refractivity contribution in [3.63, 3.8) is 0 Å². The first-order chi connectivity index (χ1) is 16.7. The molecule has 1 heterocycles. The average molecular weight is 465 g/mol. The second kappa shape index (κ2) is 15.0. The monoisotopic (exact) mass is 464 g/mol. The quantitative estimate of drug-likeness (QED) is 0.195. The molecule has 1 aliphatic rings. The van der Waals surface area contributed by atoms with Crippen LogP contribution in [-0.2, 0) is 9.47 Å². The van der Waals surface area contributed by atoms with Crippen LogP contribution in [0.3, 0.4) is 0 Å². The van der Waals surface area contributed by atoms with E-state index in [2.05, 4.69) is 69.0 Å². The number of allylic oxidation sites excluding steroid dienone is 1. The lowest BCUT2D eigenvalue weighted by Gasteiger charge is -2.29. The zero-order valence-corrected chi connectivity index (χ0v) is 21.3. The Morgan fingerprint density at radius 3 is 2.21 bits per heavy atom. The van der Waals surface area contributed by atoms with Crippen molar-refractivity contribution in [3.05, 3.63) is 66.7 Å². The van der Waals surface area contributed by atoms with E-state index in [0.717, 1.165) is 49.9 Å². The number of hydrogen-bond acceptors (Lipinski definition) is 3. The second-order valence-corrected chi connectivity index (χ2v) is 9.80. The number of ether oxygens (including phenoxy) is 3. The minimum atomic E-state index is -0.246. The molecule has 0 saturated carbocycles. The standard InChI is InChI=1S/C31H44O3/c1-4-6-7-8-9-10-13-26-23-33-31(34-24-26)29-16-14-27(15-17-29)28-18-20-30(21-19-28)32-22-11-12-25(3)5-2/h4,14-21,25-26,31H,1,5-13,22-24H2,2-3H3/t25-,26-,31-/m0/s1. The molecular formula is C31H44O3.